The first-order valence-corrected chi connectivity index (χ1v) is 20.5. The fourth-order valence-corrected chi connectivity index (χ4v) is 8.44. The zero-order valence-corrected chi connectivity index (χ0v) is 34.3. The van der Waals surface area contributed by atoms with Gasteiger partial charge >= 0.3 is 26.5 Å². The van der Waals surface area contributed by atoms with Crippen LogP contribution in [-0.4, -0.2) is 37.7 Å². The van der Waals surface area contributed by atoms with Crippen LogP contribution in [0.15, 0.2) is 220 Å². The second kappa shape index (κ2) is 21.0. The molecule has 0 fully saturated rings. The third-order valence-corrected chi connectivity index (χ3v) is 11.3. The number of rotatable bonds is 21. The average Bonchev–Trinajstić information content (AvgIpc) is 3.34. The molecule has 0 saturated carbocycles. The molecular weight excluding hydrogens is 788 g/mol. The molecule has 10 heteroatoms. The third-order valence-electron chi connectivity index (χ3n) is 9.88. The van der Waals surface area contributed by atoms with Gasteiger partial charge in [0, 0.05) is 18.2 Å². The smallest absolute Gasteiger partial charge is 0.336 e. The van der Waals surface area contributed by atoms with Crippen molar-refractivity contribution >= 4 is 26.5 Å². The van der Waals surface area contributed by atoms with Gasteiger partial charge in [-0.25, -0.2) is 14.4 Å². The third kappa shape index (κ3) is 10.4. The van der Waals surface area contributed by atoms with Crippen molar-refractivity contribution in [1.29, 1.82) is 0 Å². The lowest BCUT2D eigenvalue weighted by atomic mass is 9.87. The summed E-state index contributed by atoms with van der Waals surface area (Å²) in [6, 6.07) is 55.5. The van der Waals surface area contributed by atoms with Crippen LogP contribution in [-0.2, 0) is 59.0 Å². The molecule has 61 heavy (non-hydrogen) atoms. The zero-order chi connectivity index (χ0) is 43.0. The zero-order valence-electron chi connectivity index (χ0n) is 33.4. The molecule has 0 radical (unpaired) electrons. The number of esters is 3. The van der Waals surface area contributed by atoms with Crippen molar-refractivity contribution in [3.63, 3.8) is 0 Å². The monoisotopic (exact) mass is 832 g/mol. The van der Waals surface area contributed by atoms with Crippen LogP contribution in [0.3, 0.4) is 0 Å². The van der Waals surface area contributed by atoms with E-state index in [0.29, 0.717) is 33.4 Å². The average molecular weight is 833 g/mol. The minimum Gasteiger partial charge on any atom is -0.459 e. The molecule has 0 spiro atoms. The topological polar surface area (TPSA) is 107 Å². The minimum absolute atomic E-state index is 0.359. The summed E-state index contributed by atoms with van der Waals surface area (Å²) in [5, 5.41) is 0. The lowest BCUT2D eigenvalue weighted by Crippen LogP contribution is -2.42. The number of ether oxygens (including phenoxy) is 3. The molecule has 9 nitrogen and oxygen atoms in total. The molecule has 0 aliphatic heterocycles. The molecule has 0 saturated heterocycles. The summed E-state index contributed by atoms with van der Waals surface area (Å²) < 4.78 is 40.1. The van der Waals surface area contributed by atoms with Gasteiger partial charge in [-0.2, -0.15) is 0 Å². The molecule has 6 aromatic carbocycles. The molecule has 0 unspecified atom stereocenters. The van der Waals surface area contributed by atoms with E-state index >= 15 is 0 Å². The van der Waals surface area contributed by atoms with Crippen LogP contribution in [0.1, 0.15) is 33.4 Å². The van der Waals surface area contributed by atoms with Gasteiger partial charge in [0.15, 0.2) is 16.8 Å². The fraction of sp³-hybridized carbons (Fsp3) is 0.118. The Morgan fingerprint density at radius 2 is 0.541 bits per heavy atom. The van der Waals surface area contributed by atoms with Gasteiger partial charge in [0.05, 0.1) is 0 Å². The molecule has 308 valence electrons. The van der Waals surface area contributed by atoms with E-state index in [9.17, 15) is 14.4 Å². The molecule has 0 aromatic heterocycles. The lowest BCUT2D eigenvalue weighted by molar-refractivity contribution is -0.147. The molecule has 0 amide bonds. The number of carbonyl (C=O) groups is 3. The van der Waals surface area contributed by atoms with Crippen molar-refractivity contribution in [3.8, 4) is 0 Å². The van der Waals surface area contributed by atoms with E-state index in [-0.39, 0.29) is 19.8 Å². The van der Waals surface area contributed by atoms with Crippen molar-refractivity contribution in [3.05, 3.63) is 253 Å². The van der Waals surface area contributed by atoms with E-state index < -0.39 is 43.3 Å². The standard InChI is InChI=1S/C51H45O9P/c1-4-46(52)55-37-49(40-25-13-7-14-26-40,41-27-15-8-16-28-41)58-61(59-50(38-56-47(53)5-2,42-29-17-9-18-30-42)43-31-19-10-20-32-43)60-51(39-57-48(54)6-3,44-33-21-11-22-34-44)45-35-23-12-24-36-45/h4-36H,1-3,37-39H2. The highest BCUT2D eigenvalue weighted by molar-refractivity contribution is 7.41. The lowest BCUT2D eigenvalue weighted by Gasteiger charge is -2.44. The Kier molecular flexibility index (Phi) is 15.1. The number of carbonyl (C=O) groups excluding carboxylic acids is 3. The van der Waals surface area contributed by atoms with Crippen LogP contribution in [0, 0.1) is 0 Å². The molecule has 6 aromatic rings. The number of hydrogen-bond donors (Lipinski definition) is 0. The van der Waals surface area contributed by atoms with Gasteiger partial charge in [-0.3, -0.25) is 13.6 Å². The maximum atomic E-state index is 13.0. The summed E-state index contributed by atoms with van der Waals surface area (Å²) in [5.74, 6) is -2.07. The Hall–Kier alpha value is -6.74. The maximum absolute atomic E-state index is 13.0. The van der Waals surface area contributed by atoms with Crippen molar-refractivity contribution in [2.24, 2.45) is 0 Å². The van der Waals surface area contributed by atoms with Crippen molar-refractivity contribution in [2.45, 2.75) is 16.8 Å². The van der Waals surface area contributed by atoms with E-state index in [4.69, 9.17) is 27.8 Å². The van der Waals surface area contributed by atoms with Crippen LogP contribution in [0.2, 0.25) is 0 Å². The van der Waals surface area contributed by atoms with E-state index in [2.05, 4.69) is 19.7 Å². The number of hydrogen-bond acceptors (Lipinski definition) is 9. The molecule has 0 N–H and O–H groups in total. The summed E-state index contributed by atoms with van der Waals surface area (Å²) >= 11 is 0. The Morgan fingerprint density at radius 1 is 0.361 bits per heavy atom. The first kappa shape index (κ1) is 43.8. The van der Waals surface area contributed by atoms with Gasteiger partial charge in [0.2, 0.25) is 0 Å². The Labute approximate surface area is 357 Å². The van der Waals surface area contributed by atoms with Crippen molar-refractivity contribution in [2.75, 3.05) is 19.8 Å². The normalized spacial score (nSPS) is 11.6. The summed E-state index contributed by atoms with van der Waals surface area (Å²) in [4.78, 5) is 39.0. The largest absolute Gasteiger partial charge is 0.459 e. The Bertz CT molecular complexity index is 1970. The van der Waals surface area contributed by atoms with Crippen molar-refractivity contribution < 1.29 is 42.2 Å². The summed E-state index contributed by atoms with van der Waals surface area (Å²) in [7, 11) is -2.82. The highest BCUT2D eigenvalue weighted by Crippen LogP contribution is 2.60. The van der Waals surface area contributed by atoms with Gasteiger partial charge in [-0.05, 0) is 33.4 Å². The summed E-state index contributed by atoms with van der Waals surface area (Å²) in [5.41, 5.74) is -1.35. The van der Waals surface area contributed by atoms with Gasteiger partial charge in [0.25, 0.3) is 0 Å². The Morgan fingerprint density at radius 3 is 0.705 bits per heavy atom. The van der Waals surface area contributed by atoms with E-state index in [1.165, 1.54) is 0 Å². The summed E-state index contributed by atoms with van der Waals surface area (Å²) in [6.07, 6.45) is 3.22. The highest BCUT2D eigenvalue weighted by atomic mass is 31.2. The molecule has 0 aliphatic carbocycles. The van der Waals surface area contributed by atoms with E-state index in [1.54, 1.807) is 0 Å². The van der Waals surface area contributed by atoms with Gasteiger partial charge < -0.3 is 14.2 Å². The second-order valence-corrected chi connectivity index (χ2v) is 14.6. The van der Waals surface area contributed by atoms with E-state index in [1.807, 2.05) is 182 Å². The van der Waals surface area contributed by atoms with Crippen LogP contribution < -0.4 is 0 Å². The van der Waals surface area contributed by atoms with Gasteiger partial charge in [-0.1, -0.05) is 202 Å². The van der Waals surface area contributed by atoms with Crippen molar-refractivity contribution in [1.82, 2.24) is 0 Å². The van der Waals surface area contributed by atoms with E-state index in [0.717, 1.165) is 18.2 Å². The molecular formula is C51H45O9P. The van der Waals surface area contributed by atoms with Crippen LogP contribution in [0.25, 0.3) is 0 Å². The van der Waals surface area contributed by atoms with Crippen LogP contribution >= 0.6 is 8.60 Å². The molecule has 6 rings (SSSR count). The second-order valence-electron chi connectivity index (χ2n) is 13.6. The molecule has 0 atom stereocenters. The highest BCUT2D eigenvalue weighted by Gasteiger charge is 2.50. The maximum Gasteiger partial charge on any atom is 0.336 e. The molecule has 0 aliphatic rings. The SMILES string of the molecule is C=CC(=O)OCC(OP(OC(COC(=O)C=C)(c1ccccc1)c1ccccc1)OC(COC(=O)C=C)(c1ccccc1)c1ccccc1)(c1ccccc1)c1ccccc1. The molecule has 0 heterocycles. The first-order valence-electron chi connectivity index (χ1n) is 19.4. The number of benzene rings is 6. The predicted octanol–water partition coefficient (Wildman–Crippen LogP) is 10.3. The quantitative estimate of drug-likeness (QED) is 0.0303. The van der Waals surface area contributed by atoms with Gasteiger partial charge in [0.1, 0.15) is 19.8 Å². The Balaban J connectivity index is 1.69. The fourth-order valence-electron chi connectivity index (χ4n) is 6.77. The van der Waals surface area contributed by atoms with Crippen LogP contribution in [0.4, 0.5) is 0 Å². The van der Waals surface area contributed by atoms with Gasteiger partial charge in [-0.15, -0.1) is 0 Å². The summed E-state index contributed by atoms with van der Waals surface area (Å²) in [6.45, 7) is 9.80. The first-order chi connectivity index (χ1) is 29.8. The van der Waals surface area contributed by atoms with Crippen LogP contribution in [0.5, 0.6) is 0 Å². The molecule has 0 bridgehead atoms. The minimum atomic E-state index is -2.82. The predicted molar refractivity (Wildman–Crippen MR) is 235 cm³/mol.